The summed E-state index contributed by atoms with van der Waals surface area (Å²) in [6.45, 7) is 2.45. The number of carbonyl (C=O) groups is 1. The third-order valence-electron chi connectivity index (χ3n) is 2.98. The highest BCUT2D eigenvalue weighted by Gasteiger charge is 2.07. The molecule has 106 valence electrons. The Kier molecular flexibility index (Phi) is 7.15. The van der Waals surface area contributed by atoms with Crippen molar-refractivity contribution in [3.05, 3.63) is 35.4 Å². The lowest BCUT2D eigenvalue weighted by atomic mass is 10.1. The summed E-state index contributed by atoms with van der Waals surface area (Å²) in [4.78, 5) is 11.6. The zero-order valence-electron chi connectivity index (χ0n) is 11.9. The number of benzene rings is 1. The van der Waals surface area contributed by atoms with Crippen LogP contribution >= 0.6 is 0 Å². The van der Waals surface area contributed by atoms with Gasteiger partial charge in [0.15, 0.2) is 6.29 Å². The first-order valence-electron chi connectivity index (χ1n) is 6.53. The van der Waals surface area contributed by atoms with Crippen LogP contribution in [-0.2, 0) is 20.7 Å². The predicted octanol–water partition coefficient (Wildman–Crippen LogP) is 2.05. The molecule has 0 aliphatic heterocycles. The van der Waals surface area contributed by atoms with E-state index in [0.29, 0.717) is 13.0 Å². The topological polar surface area (TPSA) is 47.6 Å². The molecule has 4 heteroatoms. The summed E-state index contributed by atoms with van der Waals surface area (Å²) < 4.78 is 10.00. The molecule has 1 N–H and O–H groups in total. The fraction of sp³-hybridized carbons (Fsp3) is 0.533. The number of hydrogen-bond acceptors (Lipinski definition) is 3. The van der Waals surface area contributed by atoms with Gasteiger partial charge in [-0.15, -0.1) is 0 Å². The second-order valence-electron chi connectivity index (χ2n) is 4.54. The Labute approximate surface area is 115 Å². The van der Waals surface area contributed by atoms with Crippen molar-refractivity contribution in [3.63, 3.8) is 0 Å². The molecule has 1 aromatic rings. The predicted molar refractivity (Wildman–Crippen MR) is 74.9 cm³/mol. The van der Waals surface area contributed by atoms with E-state index < -0.39 is 0 Å². The largest absolute Gasteiger partial charge is 0.354 e. The highest BCUT2D eigenvalue weighted by Crippen LogP contribution is 2.07. The van der Waals surface area contributed by atoms with Gasteiger partial charge in [0.1, 0.15) is 0 Å². The van der Waals surface area contributed by atoms with E-state index in [2.05, 4.69) is 36.5 Å². The lowest BCUT2D eigenvalue weighted by Crippen LogP contribution is -2.34. The Morgan fingerprint density at radius 2 is 1.84 bits per heavy atom. The average molecular weight is 265 g/mol. The molecule has 0 aliphatic carbocycles. The summed E-state index contributed by atoms with van der Waals surface area (Å²) in [7, 11) is 3.11. The monoisotopic (exact) mass is 265 g/mol. The van der Waals surface area contributed by atoms with E-state index in [9.17, 15) is 4.79 Å². The quantitative estimate of drug-likeness (QED) is 0.732. The van der Waals surface area contributed by atoms with Gasteiger partial charge in [-0.2, -0.15) is 0 Å². The Hall–Kier alpha value is -1.39. The first-order chi connectivity index (χ1) is 9.15. The molecule has 0 saturated carbocycles. The summed E-state index contributed by atoms with van der Waals surface area (Å²) in [5.41, 5.74) is 2.52. The molecule has 1 rings (SSSR count). The molecule has 1 aromatic carbocycles. The van der Waals surface area contributed by atoms with Crippen LogP contribution in [0.25, 0.3) is 0 Å². The number of hydrogen-bond donors (Lipinski definition) is 1. The molecule has 1 amide bonds. The molecule has 4 nitrogen and oxygen atoms in total. The number of carbonyl (C=O) groups excluding carboxylic acids is 1. The number of aryl methyl sites for hydroxylation is 2. The van der Waals surface area contributed by atoms with Gasteiger partial charge >= 0.3 is 0 Å². The molecule has 0 bridgehead atoms. The lowest BCUT2D eigenvalue weighted by molar-refractivity contribution is -0.127. The Bertz CT molecular complexity index is 371. The van der Waals surface area contributed by atoms with Crippen LogP contribution in [0.3, 0.4) is 0 Å². The first kappa shape index (κ1) is 15.7. The third-order valence-corrected chi connectivity index (χ3v) is 2.98. The Morgan fingerprint density at radius 3 is 2.42 bits per heavy atom. The van der Waals surface area contributed by atoms with Gasteiger partial charge in [0.2, 0.25) is 5.91 Å². The molecular weight excluding hydrogens is 242 g/mol. The van der Waals surface area contributed by atoms with Crippen LogP contribution in [0.5, 0.6) is 0 Å². The SMILES string of the molecule is COC(CNC(=O)CCCc1ccc(C)cc1)OC. The summed E-state index contributed by atoms with van der Waals surface area (Å²) >= 11 is 0. The van der Waals surface area contributed by atoms with E-state index >= 15 is 0 Å². The van der Waals surface area contributed by atoms with E-state index in [-0.39, 0.29) is 12.2 Å². The van der Waals surface area contributed by atoms with Gasteiger partial charge in [-0.25, -0.2) is 0 Å². The van der Waals surface area contributed by atoms with E-state index in [1.165, 1.54) is 11.1 Å². The van der Waals surface area contributed by atoms with Crippen molar-refractivity contribution in [3.8, 4) is 0 Å². The van der Waals surface area contributed by atoms with Crippen LogP contribution in [0.15, 0.2) is 24.3 Å². The van der Waals surface area contributed by atoms with Gasteiger partial charge < -0.3 is 14.8 Å². The van der Waals surface area contributed by atoms with Crippen molar-refractivity contribution in [2.45, 2.75) is 32.5 Å². The van der Waals surface area contributed by atoms with Gasteiger partial charge in [-0.1, -0.05) is 29.8 Å². The fourth-order valence-corrected chi connectivity index (χ4v) is 1.76. The number of amides is 1. The third kappa shape index (κ3) is 6.36. The van der Waals surface area contributed by atoms with Crippen LogP contribution in [-0.4, -0.2) is 33.0 Å². The second-order valence-corrected chi connectivity index (χ2v) is 4.54. The van der Waals surface area contributed by atoms with Gasteiger partial charge in [-0.3, -0.25) is 4.79 Å². The molecule has 0 radical (unpaired) electrons. The molecule has 0 saturated heterocycles. The van der Waals surface area contributed by atoms with Gasteiger partial charge in [0.25, 0.3) is 0 Å². The molecule has 19 heavy (non-hydrogen) atoms. The van der Waals surface area contributed by atoms with Crippen LogP contribution in [0.1, 0.15) is 24.0 Å². The molecule has 0 heterocycles. The zero-order chi connectivity index (χ0) is 14.1. The molecule has 0 spiro atoms. The van der Waals surface area contributed by atoms with Crippen molar-refractivity contribution in [1.29, 1.82) is 0 Å². The molecule has 0 aliphatic rings. The second kappa shape index (κ2) is 8.67. The summed E-state index contributed by atoms with van der Waals surface area (Å²) in [6, 6.07) is 8.41. The first-order valence-corrected chi connectivity index (χ1v) is 6.53. The summed E-state index contributed by atoms with van der Waals surface area (Å²) in [5, 5.41) is 2.79. The van der Waals surface area contributed by atoms with Crippen LogP contribution in [0, 0.1) is 6.92 Å². The van der Waals surface area contributed by atoms with Gasteiger partial charge in [0, 0.05) is 20.6 Å². The smallest absolute Gasteiger partial charge is 0.220 e. The van der Waals surface area contributed by atoms with E-state index in [1.807, 2.05) is 0 Å². The van der Waals surface area contributed by atoms with Crippen LogP contribution < -0.4 is 5.32 Å². The zero-order valence-corrected chi connectivity index (χ0v) is 11.9. The number of ether oxygens (including phenoxy) is 2. The lowest BCUT2D eigenvalue weighted by Gasteiger charge is -2.13. The van der Waals surface area contributed by atoms with Crippen molar-refractivity contribution in [2.75, 3.05) is 20.8 Å². The standard InChI is InChI=1S/C15H23NO3/c1-12-7-9-13(10-8-12)5-4-6-14(17)16-11-15(18-2)19-3/h7-10,15H,4-6,11H2,1-3H3,(H,16,17). The Morgan fingerprint density at radius 1 is 1.21 bits per heavy atom. The van der Waals surface area contributed by atoms with Crippen molar-refractivity contribution >= 4 is 5.91 Å². The highest BCUT2D eigenvalue weighted by atomic mass is 16.7. The van der Waals surface area contributed by atoms with Crippen molar-refractivity contribution < 1.29 is 14.3 Å². The summed E-state index contributed by atoms with van der Waals surface area (Å²) in [5.74, 6) is 0.0335. The molecule has 0 atom stereocenters. The maximum absolute atomic E-state index is 11.6. The Balaban J connectivity index is 2.18. The van der Waals surface area contributed by atoms with Gasteiger partial charge in [0.05, 0.1) is 6.54 Å². The van der Waals surface area contributed by atoms with E-state index in [0.717, 1.165) is 12.8 Å². The van der Waals surface area contributed by atoms with Crippen molar-refractivity contribution in [2.24, 2.45) is 0 Å². The summed E-state index contributed by atoms with van der Waals surface area (Å²) in [6.07, 6.45) is 1.92. The van der Waals surface area contributed by atoms with Gasteiger partial charge in [-0.05, 0) is 25.3 Å². The van der Waals surface area contributed by atoms with Crippen molar-refractivity contribution in [1.82, 2.24) is 5.32 Å². The van der Waals surface area contributed by atoms with E-state index in [4.69, 9.17) is 9.47 Å². The fourth-order valence-electron chi connectivity index (χ4n) is 1.76. The minimum Gasteiger partial charge on any atom is -0.354 e. The van der Waals surface area contributed by atoms with Crippen LogP contribution in [0.2, 0.25) is 0 Å². The minimum atomic E-state index is -0.374. The van der Waals surface area contributed by atoms with Crippen LogP contribution in [0.4, 0.5) is 0 Å². The number of nitrogens with one attached hydrogen (secondary N) is 1. The van der Waals surface area contributed by atoms with E-state index in [1.54, 1.807) is 14.2 Å². The maximum atomic E-state index is 11.6. The number of rotatable bonds is 8. The maximum Gasteiger partial charge on any atom is 0.220 e. The molecule has 0 aromatic heterocycles. The minimum absolute atomic E-state index is 0.0335. The number of methoxy groups -OCH3 is 2. The average Bonchev–Trinajstić information content (AvgIpc) is 2.42. The highest BCUT2D eigenvalue weighted by molar-refractivity contribution is 5.75. The normalized spacial score (nSPS) is 10.7. The molecule has 0 unspecified atom stereocenters. The molecular formula is C15H23NO3. The molecule has 0 fully saturated rings.